The Hall–Kier alpha value is -1.63. The molecule has 0 aromatic rings. The van der Waals surface area contributed by atoms with Crippen molar-refractivity contribution < 1.29 is 14.4 Å². The lowest BCUT2D eigenvalue weighted by molar-refractivity contribution is -0.131. The highest BCUT2D eigenvalue weighted by molar-refractivity contribution is 5.92. The van der Waals surface area contributed by atoms with Crippen molar-refractivity contribution in [3.05, 3.63) is 0 Å². The first-order valence-corrected chi connectivity index (χ1v) is 4.91. The second kappa shape index (κ2) is 6.06. The Morgan fingerprint density at radius 3 is 1.75 bits per heavy atom. The largest absolute Gasteiger partial charge is 0.368 e. The Balaban J connectivity index is 4.19. The molecule has 7 nitrogen and oxygen atoms in total. The van der Waals surface area contributed by atoms with Crippen LogP contribution in [0, 0.1) is 0 Å². The summed E-state index contributed by atoms with van der Waals surface area (Å²) in [6.07, 6.45) is 0. The van der Waals surface area contributed by atoms with Crippen LogP contribution in [0.1, 0.15) is 20.8 Å². The Morgan fingerprint density at radius 1 is 0.938 bits per heavy atom. The molecule has 0 aliphatic rings. The lowest BCUT2D eigenvalue weighted by Crippen LogP contribution is -2.53. The van der Waals surface area contributed by atoms with E-state index in [1.54, 1.807) is 0 Å². The van der Waals surface area contributed by atoms with Crippen molar-refractivity contribution in [3.63, 3.8) is 0 Å². The fourth-order valence-electron chi connectivity index (χ4n) is 0.820. The summed E-state index contributed by atoms with van der Waals surface area (Å²) >= 11 is 0. The van der Waals surface area contributed by atoms with Crippen LogP contribution in [0.2, 0.25) is 0 Å². The molecule has 0 rings (SSSR count). The van der Waals surface area contributed by atoms with Crippen LogP contribution < -0.4 is 22.1 Å². The van der Waals surface area contributed by atoms with E-state index >= 15 is 0 Å². The van der Waals surface area contributed by atoms with Crippen molar-refractivity contribution >= 4 is 17.7 Å². The van der Waals surface area contributed by atoms with Gasteiger partial charge in [0.2, 0.25) is 17.7 Å². The summed E-state index contributed by atoms with van der Waals surface area (Å²) in [7, 11) is 0. The van der Waals surface area contributed by atoms with Gasteiger partial charge in [-0.2, -0.15) is 0 Å². The van der Waals surface area contributed by atoms with E-state index in [0.717, 1.165) is 0 Å². The number of carbonyl (C=O) groups excluding carboxylic acids is 3. The summed E-state index contributed by atoms with van der Waals surface area (Å²) < 4.78 is 0. The number of hydrogen-bond donors (Lipinski definition) is 4. The molecular formula is C9H18N4O3. The first kappa shape index (κ1) is 14.4. The molecule has 0 saturated heterocycles. The summed E-state index contributed by atoms with van der Waals surface area (Å²) in [4.78, 5) is 33.3. The second-order valence-corrected chi connectivity index (χ2v) is 3.65. The van der Waals surface area contributed by atoms with Crippen LogP contribution in [0.15, 0.2) is 0 Å². The van der Waals surface area contributed by atoms with Crippen LogP contribution in [0.25, 0.3) is 0 Å². The van der Waals surface area contributed by atoms with E-state index in [2.05, 4.69) is 10.6 Å². The molecule has 16 heavy (non-hydrogen) atoms. The minimum absolute atomic E-state index is 0.436. The molecule has 0 aromatic carbocycles. The highest BCUT2D eigenvalue weighted by atomic mass is 16.2. The molecule has 0 aliphatic heterocycles. The smallest absolute Gasteiger partial charge is 0.242 e. The highest BCUT2D eigenvalue weighted by Gasteiger charge is 2.20. The molecule has 0 heterocycles. The van der Waals surface area contributed by atoms with Gasteiger partial charge in [-0.3, -0.25) is 14.4 Å². The minimum Gasteiger partial charge on any atom is -0.368 e. The first-order valence-electron chi connectivity index (χ1n) is 4.91. The molecule has 7 heteroatoms. The average molecular weight is 230 g/mol. The molecule has 0 spiro atoms. The first-order chi connectivity index (χ1) is 7.25. The maximum atomic E-state index is 11.4. The summed E-state index contributed by atoms with van der Waals surface area (Å²) in [5.74, 6) is -1.56. The van der Waals surface area contributed by atoms with Gasteiger partial charge >= 0.3 is 0 Å². The van der Waals surface area contributed by atoms with E-state index in [1.807, 2.05) is 0 Å². The third-order valence-electron chi connectivity index (χ3n) is 1.95. The van der Waals surface area contributed by atoms with Crippen molar-refractivity contribution in [2.24, 2.45) is 11.5 Å². The van der Waals surface area contributed by atoms with Gasteiger partial charge < -0.3 is 22.1 Å². The Morgan fingerprint density at radius 2 is 1.38 bits per heavy atom. The number of nitrogens with two attached hydrogens (primary N) is 2. The SMILES string of the molecule is CC(NC(=O)[C@H](C)NC(=O)[C@H](C)N)C(N)=O. The van der Waals surface area contributed by atoms with Crippen LogP contribution in [-0.2, 0) is 14.4 Å². The molecule has 1 unspecified atom stereocenters. The average Bonchev–Trinajstić information content (AvgIpc) is 2.16. The number of rotatable bonds is 5. The lowest BCUT2D eigenvalue weighted by atomic mass is 10.2. The molecule has 3 amide bonds. The maximum absolute atomic E-state index is 11.4. The fraction of sp³-hybridized carbons (Fsp3) is 0.667. The van der Waals surface area contributed by atoms with Crippen molar-refractivity contribution in [3.8, 4) is 0 Å². The van der Waals surface area contributed by atoms with Crippen molar-refractivity contribution in [2.45, 2.75) is 38.9 Å². The number of hydrogen-bond acceptors (Lipinski definition) is 4. The third kappa shape index (κ3) is 4.74. The summed E-state index contributed by atoms with van der Waals surface area (Å²) in [5.41, 5.74) is 10.3. The molecule has 0 saturated carbocycles. The van der Waals surface area contributed by atoms with Crippen molar-refractivity contribution in [1.82, 2.24) is 10.6 Å². The van der Waals surface area contributed by atoms with E-state index in [0.29, 0.717) is 0 Å². The number of carbonyl (C=O) groups is 3. The highest BCUT2D eigenvalue weighted by Crippen LogP contribution is 1.87. The zero-order chi connectivity index (χ0) is 12.9. The quantitative estimate of drug-likeness (QED) is 0.428. The number of nitrogens with one attached hydrogen (secondary N) is 2. The van der Waals surface area contributed by atoms with Crippen LogP contribution in [-0.4, -0.2) is 35.8 Å². The monoisotopic (exact) mass is 230 g/mol. The normalized spacial score (nSPS) is 15.8. The summed E-state index contributed by atoms with van der Waals surface area (Å²) in [6, 6.07) is -2.23. The standard InChI is InChI=1S/C9H18N4O3/c1-4(10)8(15)13-6(3)9(16)12-5(2)7(11)14/h4-6H,10H2,1-3H3,(H2,11,14)(H,12,16)(H,13,15)/t4-,5?,6-/m0/s1. The predicted octanol–water partition coefficient (Wildman–Crippen LogP) is -2.17. The van der Waals surface area contributed by atoms with E-state index in [-0.39, 0.29) is 0 Å². The molecule has 0 bridgehead atoms. The number of primary amides is 1. The van der Waals surface area contributed by atoms with Crippen LogP contribution in [0.5, 0.6) is 0 Å². The summed E-state index contributed by atoms with van der Waals surface area (Å²) in [5, 5.41) is 4.75. The number of amides is 3. The molecule has 0 fully saturated rings. The van der Waals surface area contributed by atoms with Gasteiger partial charge in [0.15, 0.2) is 0 Å². The molecule has 0 radical (unpaired) electrons. The Labute approximate surface area is 93.9 Å². The van der Waals surface area contributed by atoms with E-state index < -0.39 is 35.8 Å². The van der Waals surface area contributed by atoms with E-state index in [1.165, 1.54) is 20.8 Å². The summed E-state index contributed by atoms with van der Waals surface area (Å²) in [6.45, 7) is 4.45. The van der Waals surface area contributed by atoms with Crippen molar-refractivity contribution in [2.75, 3.05) is 0 Å². The Bertz CT molecular complexity index is 290. The molecular weight excluding hydrogens is 212 g/mol. The van der Waals surface area contributed by atoms with Gasteiger partial charge in [-0.25, -0.2) is 0 Å². The predicted molar refractivity (Wildman–Crippen MR) is 58.1 cm³/mol. The molecule has 3 atom stereocenters. The second-order valence-electron chi connectivity index (χ2n) is 3.65. The van der Waals surface area contributed by atoms with Gasteiger partial charge in [0.05, 0.1) is 6.04 Å². The van der Waals surface area contributed by atoms with E-state index in [4.69, 9.17) is 11.5 Å². The molecule has 0 aromatic heterocycles. The van der Waals surface area contributed by atoms with Gasteiger partial charge in [0.25, 0.3) is 0 Å². The van der Waals surface area contributed by atoms with Crippen LogP contribution in [0.3, 0.4) is 0 Å². The zero-order valence-electron chi connectivity index (χ0n) is 9.61. The lowest BCUT2D eigenvalue weighted by Gasteiger charge is -2.17. The van der Waals surface area contributed by atoms with Gasteiger partial charge in [-0.05, 0) is 20.8 Å². The van der Waals surface area contributed by atoms with Gasteiger partial charge in [-0.15, -0.1) is 0 Å². The maximum Gasteiger partial charge on any atom is 0.242 e. The molecule has 92 valence electrons. The van der Waals surface area contributed by atoms with Crippen molar-refractivity contribution in [1.29, 1.82) is 0 Å². The van der Waals surface area contributed by atoms with Gasteiger partial charge in [0, 0.05) is 0 Å². The molecule has 0 aliphatic carbocycles. The third-order valence-corrected chi connectivity index (χ3v) is 1.95. The topological polar surface area (TPSA) is 127 Å². The minimum atomic E-state index is -0.776. The Kier molecular flexibility index (Phi) is 5.44. The molecule has 6 N–H and O–H groups in total. The van der Waals surface area contributed by atoms with Gasteiger partial charge in [-0.1, -0.05) is 0 Å². The fourth-order valence-corrected chi connectivity index (χ4v) is 0.820. The zero-order valence-corrected chi connectivity index (χ0v) is 9.61. The van der Waals surface area contributed by atoms with Gasteiger partial charge in [0.1, 0.15) is 12.1 Å². The van der Waals surface area contributed by atoms with E-state index in [9.17, 15) is 14.4 Å². The van der Waals surface area contributed by atoms with Crippen LogP contribution >= 0.6 is 0 Å². The van der Waals surface area contributed by atoms with Crippen LogP contribution in [0.4, 0.5) is 0 Å².